The highest BCUT2D eigenvalue weighted by Gasteiger charge is 1.99. The lowest BCUT2D eigenvalue weighted by Crippen LogP contribution is -2.25. The Morgan fingerprint density at radius 2 is 1.31 bits per heavy atom. The van der Waals surface area contributed by atoms with E-state index in [1.165, 1.54) is 0 Å². The van der Waals surface area contributed by atoms with E-state index in [0.29, 0.717) is 13.0 Å². The number of unbranched alkanes of at least 4 members (excludes halogenated alkanes) is 1. The SMILES string of the molecule is CC/C=C\C/C=C\C/C=C\C/C=C\C/C=C\CCCC(=O)NCCSSCCN. The van der Waals surface area contributed by atoms with Crippen molar-refractivity contribution in [2.45, 2.75) is 58.3 Å². The molecule has 0 fully saturated rings. The van der Waals surface area contributed by atoms with Crippen LogP contribution in [0.15, 0.2) is 60.8 Å². The van der Waals surface area contributed by atoms with Crippen molar-refractivity contribution in [1.82, 2.24) is 5.32 Å². The summed E-state index contributed by atoms with van der Waals surface area (Å²) < 4.78 is 0. The molecule has 0 aromatic rings. The minimum Gasteiger partial charge on any atom is -0.355 e. The molecule has 0 aliphatic heterocycles. The normalized spacial score (nSPS) is 12.5. The van der Waals surface area contributed by atoms with Gasteiger partial charge in [-0.1, -0.05) is 89.3 Å². The summed E-state index contributed by atoms with van der Waals surface area (Å²) in [7, 11) is 3.53. The van der Waals surface area contributed by atoms with Crippen LogP contribution in [0.1, 0.15) is 58.3 Å². The van der Waals surface area contributed by atoms with Gasteiger partial charge in [0.25, 0.3) is 0 Å². The summed E-state index contributed by atoms with van der Waals surface area (Å²) in [6.45, 7) is 3.60. The minimum absolute atomic E-state index is 0.154. The van der Waals surface area contributed by atoms with Gasteiger partial charge in [-0.25, -0.2) is 0 Å². The number of carbonyl (C=O) groups is 1. The molecule has 0 unspecified atom stereocenters. The van der Waals surface area contributed by atoms with Crippen LogP contribution < -0.4 is 11.1 Å². The molecule has 3 nitrogen and oxygen atoms in total. The quantitative estimate of drug-likeness (QED) is 0.140. The molecule has 0 radical (unpaired) electrons. The van der Waals surface area contributed by atoms with Crippen molar-refractivity contribution in [3.05, 3.63) is 60.8 Å². The average molecular weight is 437 g/mol. The second-order valence-corrected chi connectivity index (χ2v) is 9.09. The van der Waals surface area contributed by atoms with Gasteiger partial charge in [0.15, 0.2) is 0 Å². The summed E-state index contributed by atoms with van der Waals surface area (Å²) in [4.78, 5) is 11.7. The highest BCUT2D eigenvalue weighted by Crippen LogP contribution is 2.18. The van der Waals surface area contributed by atoms with E-state index in [-0.39, 0.29) is 5.91 Å². The fourth-order valence-corrected chi connectivity index (χ4v) is 4.00. The van der Waals surface area contributed by atoms with Crippen LogP contribution in [-0.2, 0) is 4.79 Å². The van der Waals surface area contributed by atoms with Crippen LogP contribution in [0.3, 0.4) is 0 Å². The first-order valence-electron chi connectivity index (χ1n) is 10.8. The summed E-state index contributed by atoms with van der Waals surface area (Å²) >= 11 is 0. The molecule has 0 spiro atoms. The molecular weight excluding hydrogens is 396 g/mol. The molecule has 1 amide bonds. The molecule has 29 heavy (non-hydrogen) atoms. The van der Waals surface area contributed by atoms with E-state index in [1.807, 2.05) is 0 Å². The van der Waals surface area contributed by atoms with Crippen LogP contribution in [0.2, 0.25) is 0 Å². The predicted octanol–water partition coefficient (Wildman–Crippen LogP) is 6.36. The van der Waals surface area contributed by atoms with E-state index in [1.54, 1.807) is 21.6 Å². The maximum atomic E-state index is 11.7. The first-order chi connectivity index (χ1) is 14.3. The van der Waals surface area contributed by atoms with Gasteiger partial charge in [-0.3, -0.25) is 4.79 Å². The molecule has 0 aromatic heterocycles. The number of hydrogen-bond acceptors (Lipinski definition) is 4. The highest BCUT2D eigenvalue weighted by molar-refractivity contribution is 8.76. The molecule has 0 aliphatic carbocycles. The maximum Gasteiger partial charge on any atom is 0.220 e. The van der Waals surface area contributed by atoms with Gasteiger partial charge in [0.05, 0.1) is 0 Å². The molecule has 0 rings (SSSR count). The standard InChI is InChI=1S/C24H40N2OS2/c1-2-3-4-5-6-7-8-9-10-11-12-13-14-15-16-17-18-19-24(27)26-21-23-29-28-22-20-25/h3-4,6-7,9-10,12-13,15-16H,2,5,8,11,14,17-23,25H2,1H3,(H,26,27)/b4-3-,7-6-,10-9-,13-12-,16-15-. The van der Waals surface area contributed by atoms with Crippen LogP contribution >= 0.6 is 21.6 Å². The van der Waals surface area contributed by atoms with Crippen LogP contribution in [0.4, 0.5) is 0 Å². The molecule has 0 atom stereocenters. The summed E-state index contributed by atoms with van der Waals surface area (Å²) in [5.74, 6) is 2.05. The van der Waals surface area contributed by atoms with Crippen LogP contribution in [0, 0.1) is 0 Å². The largest absolute Gasteiger partial charge is 0.355 e. The van der Waals surface area contributed by atoms with Crippen molar-refractivity contribution in [2.24, 2.45) is 5.73 Å². The van der Waals surface area contributed by atoms with E-state index in [9.17, 15) is 4.79 Å². The number of carbonyl (C=O) groups excluding carboxylic acids is 1. The lowest BCUT2D eigenvalue weighted by molar-refractivity contribution is -0.121. The Balaban J connectivity index is 3.47. The van der Waals surface area contributed by atoms with Gasteiger partial charge in [-0.15, -0.1) is 0 Å². The second-order valence-electron chi connectivity index (χ2n) is 6.38. The van der Waals surface area contributed by atoms with Crippen molar-refractivity contribution >= 4 is 27.5 Å². The van der Waals surface area contributed by atoms with E-state index < -0.39 is 0 Å². The van der Waals surface area contributed by atoms with Gasteiger partial charge in [0.2, 0.25) is 5.91 Å². The Bertz CT molecular complexity index is 511. The molecule has 3 N–H and O–H groups in total. The van der Waals surface area contributed by atoms with Gasteiger partial charge in [-0.05, 0) is 44.9 Å². The summed E-state index contributed by atoms with van der Waals surface area (Å²) in [6.07, 6.45) is 29.6. The van der Waals surface area contributed by atoms with Gasteiger partial charge in [0, 0.05) is 31.0 Å². The van der Waals surface area contributed by atoms with Crippen molar-refractivity contribution in [2.75, 3.05) is 24.6 Å². The second kappa shape index (κ2) is 24.9. The molecule has 0 aliphatic rings. The third-order valence-corrected chi connectivity index (χ3v) is 6.16. The Hall–Kier alpha value is -1.17. The number of nitrogens with two attached hydrogens (primary N) is 1. The van der Waals surface area contributed by atoms with E-state index in [0.717, 1.165) is 63.0 Å². The third-order valence-electron chi connectivity index (χ3n) is 3.72. The van der Waals surface area contributed by atoms with Crippen molar-refractivity contribution in [3.8, 4) is 0 Å². The van der Waals surface area contributed by atoms with Crippen LogP contribution in [0.25, 0.3) is 0 Å². The minimum atomic E-state index is 0.154. The van der Waals surface area contributed by atoms with Gasteiger partial charge in [0.1, 0.15) is 0 Å². The van der Waals surface area contributed by atoms with E-state index >= 15 is 0 Å². The Morgan fingerprint density at radius 1 is 0.793 bits per heavy atom. The first-order valence-corrected chi connectivity index (χ1v) is 13.3. The number of rotatable bonds is 19. The number of amides is 1. The fourth-order valence-electron chi connectivity index (χ4n) is 2.24. The van der Waals surface area contributed by atoms with Crippen molar-refractivity contribution in [1.29, 1.82) is 0 Å². The smallest absolute Gasteiger partial charge is 0.220 e. The molecule has 0 heterocycles. The summed E-state index contributed by atoms with van der Waals surface area (Å²) in [5, 5.41) is 2.96. The Kier molecular flexibility index (Phi) is 23.9. The molecule has 164 valence electrons. The first kappa shape index (κ1) is 27.8. The molecule has 0 saturated carbocycles. The fraction of sp³-hybridized carbons (Fsp3) is 0.542. The van der Waals surface area contributed by atoms with Crippen molar-refractivity contribution < 1.29 is 4.79 Å². The van der Waals surface area contributed by atoms with Crippen LogP contribution in [-0.4, -0.2) is 30.5 Å². The average Bonchev–Trinajstić information content (AvgIpc) is 2.73. The molecular formula is C24H40N2OS2. The maximum absolute atomic E-state index is 11.7. The van der Waals surface area contributed by atoms with Gasteiger partial charge >= 0.3 is 0 Å². The Morgan fingerprint density at radius 3 is 1.86 bits per heavy atom. The zero-order valence-corrected chi connectivity index (χ0v) is 19.7. The van der Waals surface area contributed by atoms with Gasteiger partial charge in [-0.2, -0.15) is 0 Å². The lowest BCUT2D eigenvalue weighted by Gasteiger charge is -2.03. The number of allylic oxidation sites excluding steroid dienone is 10. The Labute approximate surface area is 186 Å². The molecule has 0 aromatic carbocycles. The summed E-state index contributed by atoms with van der Waals surface area (Å²) in [6, 6.07) is 0. The molecule has 0 saturated heterocycles. The van der Waals surface area contributed by atoms with Gasteiger partial charge < -0.3 is 11.1 Å². The zero-order chi connectivity index (χ0) is 21.3. The lowest BCUT2D eigenvalue weighted by atomic mass is 10.2. The third kappa shape index (κ3) is 24.8. The topological polar surface area (TPSA) is 55.1 Å². The zero-order valence-electron chi connectivity index (χ0n) is 18.1. The van der Waals surface area contributed by atoms with Crippen molar-refractivity contribution in [3.63, 3.8) is 0 Å². The summed E-state index contributed by atoms with van der Waals surface area (Å²) in [5.41, 5.74) is 5.43. The van der Waals surface area contributed by atoms with E-state index in [2.05, 4.69) is 73.0 Å². The molecule has 0 bridgehead atoms. The molecule has 5 heteroatoms. The number of hydrogen-bond donors (Lipinski definition) is 2. The predicted molar refractivity (Wildman–Crippen MR) is 135 cm³/mol. The van der Waals surface area contributed by atoms with E-state index in [4.69, 9.17) is 5.73 Å². The number of nitrogens with one attached hydrogen (secondary N) is 1. The van der Waals surface area contributed by atoms with Crippen LogP contribution in [0.5, 0.6) is 0 Å². The monoisotopic (exact) mass is 436 g/mol. The highest BCUT2D eigenvalue weighted by atomic mass is 33.1.